The molecule has 1 N–H and O–H groups in total. The van der Waals surface area contributed by atoms with Gasteiger partial charge in [-0.25, -0.2) is 0 Å². The molecule has 1 saturated heterocycles. The molecule has 4 nitrogen and oxygen atoms in total. The van der Waals surface area contributed by atoms with Crippen LogP contribution >= 0.6 is 11.6 Å². The molecular formula is C19H27ClN2O2. The van der Waals surface area contributed by atoms with E-state index in [2.05, 4.69) is 19.2 Å². The molecule has 0 atom stereocenters. The third-order valence-electron chi connectivity index (χ3n) is 4.51. The van der Waals surface area contributed by atoms with Crippen LogP contribution in [0.15, 0.2) is 24.3 Å². The van der Waals surface area contributed by atoms with E-state index in [0.29, 0.717) is 30.5 Å². The molecule has 1 fully saturated rings. The average molecular weight is 351 g/mol. The number of benzene rings is 1. The molecular weight excluding hydrogens is 324 g/mol. The standard InChI is InChI=1S/C19H27ClN2O2/c1-14(2)7-10-21-19(24)16-8-11-22(12-9-16)18(23)13-15-3-5-17(20)6-4-15/h3-6,14,16H,7-13H2,1-2H3,(H,21,24). The van der Waals surface area contributed by atoms with E-state index < -0.39 is 0 Å². The topological polar surface area (TPSA) is 49.4 Å². The maximum atomic E-state index is 12.4. The summed E-state index contributed by atoms with van der Waals surface area (Å²) in [5.74, 6) is 0.894. The second-order valence-electron chi connectivity index (χ2n) is 6.93. The molecule has 24 heavy (non-hydrogen) atoms. The van der Waals surface area contributed by atoms with Gasteiger partial charge in [-0.15, -0.1) is 0 Å². The highest BCUT2D eigenvalue weighted by atomic mass is 35.5. The smallest absolute Gasteiger partial charge is 0.226 e. The number of hydrogen-bond acceptors (Lipinski definition) is 2. The number of hydrogen-bond donors (Lipinski definition) is 1. The van der Waals surface area contributed by atoms with Crippen LogP contribution in [0.1, 0.15) is 38.7 Å². The van der Waals surface area contributed by atoms with E-state index in [0.717, 1.165) is 31.4 Å². The quantitative estimate of drug-likeness (QED) is 0.855. The monoisotopic (exact) mass is 350 g/mol. The number of carbonyl (C=O) groups excluding carboxylic acids is 2. The number of rotatable bonds is 6. The summed E-state index contributed by atoms with van der Waals surface area (Å²) in [5, 5.41) is 3.69. The summed E-state index contributed by atoms with van der Waals surface area (Å²) in [5.41, 5.74) is 0.970. The van der Waals surface area contributed by atoms with Gasteiger partial charge in [0.25, 0.3) is 0 Å². The first-order valence-electron chi connectivity index (χ1n) is 8.75. The van der Waals surface area contributed by atoms with Gasteiger partial charge in [0, 0.05) is 30.6 Å². The van der Waals surface area contributed by atoms with Crippen LogP contribution in [-0.2, 0) is 16.0 Å². The molecule has 2 amide bonds. The zero-order valence-electron chi connectivity index (χ0n) is 14.6. The van der Waals surface area contributed by atoms with Crippen LogP contribution in [0, 0.1) is 11.8 Å². The zero-order chi connectivity index (χ0) is 17.5. The maximum absolute atomic E-state index is 12.4. The lowest BCUT2D eigenvalue weighted by atomic mass is 9.95. The van der Waals surface area contributed by atoms with E-state index in [-0.39, 0.29) is 17.7 Å². The molecule has 2 rings (SSSR count). The van der Waals surface area contributed by atoms with Gasteiger partial charge >= 0.3 is 0 Å². The van der Waals surface area contributed by atoms with Gasteiger partial charge in [-0.3, -0.25) is 9.59 Å². The predicted octanol–water partition coefficient (Wildman–Crippen LogP) is 3.28. The highest BCUT2D eigenvalue weighted by molar-refractivity contribution is 6.30. The average Bonchev–Trinajstić information content (AvgIpc) is 2.56. The van der Waals surface area contributed by atoms with Crippen molar-refractivity contribution in [1.29, 1.82) is 0 Å². The van der Waals surface area contributed by atoms with Crippen LogP contribution < -0.4 is 5.32 Å². The van der Waals surface area contributed by atoms with Gasteiger partial charge in [0.05, 0.1) is 6.42 Å². The molecule has 0 aliphatic carbocycles. The van der Waals surface area contributed by atoms with Crippen LogP contribution in [-0.4, -0.2) is 36.3 Å². The van der Waals surface area contributed by atoms with Crippen molar-refractivity contribution in [3.63, 3.8) is 0 Å². The SMILES string of the molecule is CC(C)CCNC(=O)C1CCN(C(=O)Cc2ccc(Cl)cc2)CC1. The number of likely N-dealkylation sites (tertiary alicyclic amines) is 1. The largest absolute Gasteiger partial charge is 0.356 e. The number of nitrogens with one attached hydrogen (secondary N) is 1. The van der Waals surface area contributed by atoms with Crippen LogP contribution in [0.3, 0.4) is 0 Å². The summed E-state index contributed by atoms with van der Waals surface area (Å²) in [4.78, 5) is 26.4. The van der Waals surface area contributed by atoms with E-state index in [1.807, 2.05) is 17.0 Å². The molecule has 0 bridgehead atoms. The first-order chi connectivity index (χ1) is 11.5. The van der Waals surface area contributed by atoms with Crippen LogP contribution in [0.2, 0.25) is 5.02 Å². The normalized spacial score (nSPS) is 15.6. The van der Waals surface area contributed by atoms with Crippen molar-refractivity contribution in [2.24, 2.45) is 11.8 Å². The van der Waals surface area contributed by atoms with Gasteiger partial charge in [0.1, 0.15) is 0 Å². The fourth-order valence-electron chi connectivity index (χ4n) is 2.91. The van der Waals surface area contributed by atoms with Gasteiger partial charge in [-0.05, 0) is 42.9 Å². The molecule has 1 aromatic carbocycles. The Morgan fingerprint density at radius 1 is 1.21 bits per heavy atom. The number of halogens is 1. The van der Waals surface area contributed by atoms with E-state index in [1.165, 1.54) is 0 Å². The van der Waals surface area contributed by atoms with Gasteiger partial charge in [-0.2, -0.15) is 0 Å². The molecule has 5 heteroatoms. The van der Waals surface area contributed by atoms with Crippen LogP contribution in [0.5, 0.6) is 0 Å². The van der Waals surface area contributed by atoms with E-state index >= 15 is 0 Å². The van der Waals surface area contributed by atoms with Crippen molar-refractivity contribution in [2.45, 2.75) is 39.5 Å². The fraction of sp³-hybridized carbons (Fsp3) is 0.579. The van der Waals surface area contributed by atoms with Crippen LogP contribution in [0.4, 0.5) is 0 Å². The Kier molecular flexibility index (Phi) is 7.10. The maximum Gasteiger partial charge on any atom is 0.226 e. The Labute approximate surface area is 149 Å². The first kappa shape index (κ1) is 18.8. The third kappa shape index (κ3) is 5.82. The molecule has 0 spiro atoms. The van der Waals surface area contributed by atoms with Gasteiger partial charge in [0.2, 0.25) is 11.8 Å². The first-order valence-corrected chi connectivity index (χ1v) is 9.13. The van der Waals surface area contributed by atoms with Crippen molar-refractivity contribution in [2.75, 3.05) is 19.6 Å². The Hall–Kier alpha value is -1.55. The number of amides is 2. The Morgan fingerprint density at radius 2 is 1.83 bits per heavy atom. The number of carbonyl (C=O) groups is 2. The second-order valence-corrected chi connectivity index (χ2v) is 7.37. The van der Waals surface area contributed by atoms with Gasteiger partial charge < -0.3 is 10.2 Å². The van der Waals surface area contributed by atoms with E-state index in [9.17, 15) is 9.59 Å². The van der Waals surface area contributed by atoms with Gasteiger partial charge in [0.15, 0.2) is 0 Å². The van der Waals surface area contributed by atoms with Gasteiger partial charge in [-0.1, -0.05) is 37.6 Å². The Morgan fingerprint density at radius 3 is 2.42 bits per heavy atom. The highest BCUT2D eigenvalue weighted by Crippen LogP contribution is 2.19. The molecule has 1 heterocycles. The summed E-state index contributed by atoms with van der Waals surface area (Å²) in [7, 11) is 0. The lowest BCUT2D eigenvalue weighted by molar-refractivity contribution is -0.135. The lowest BCUT2D eigenvalue weighted by Gasteiger charge is -2.31. The minimum atomic E-state index is 0.0387. The molecule has 1 aliphatic rings. The molecule has 0 aromatic heterocycles. The van der Waals surface area contributed by atoms with Crippen molar-refractivity contribution < 1.29 is 9.59 Å². The highest BCUT2D eigenvalue weighted by Gasteiger charge is 2.27. The van der Waals surface area contributed by atoms with Crippen molar-refractivity contribution in [1.82, 2.24) is 10.2 Å². The molecule has 1 aliphatic heterocycles. The summed E-state index contributed by atoms with van der Waals surface area (Å²) in [6, 6.07) is 7.38. The Bertz CT molecular complexity index is 549. The fourth-order valence-corrected chi connectivity index (χ4v) is 3.03. The number of piperidine rings is 1. The minimum Gasteiger partial charge on any atom is -0.356 e. The summed E-state index contributed by atoms with van der Waals surface area (Å²) >= 11 is 5.86. The molecule has 0 unspecified atom stereocenters. The van der Waals surface area contributed by atoms with Crippen molar-refractivity contribution in [3.05, 3.63) is 34.9 Å². The summed E-state index contributed by atoms with van der Waals surface area (Å²) in [6.45, 7) is 6.36. The van der Waals surface area contributed by atoms with E-state index in [4.69, 9.17) is 11.6 Å². The van der Waals surface area contributed by atoms with Crippen LogP contribution in [0.25, 0.3) is 0 Å². The lowest BCUT2D eigenvalue weighted by Crippen LogP contribution is -2.43. The molecule has 0 radical (unpaired) electrons. The van der Waals surface area contributed by atoms with Crippen molar-refractivity contribution in [3.8, 4) is 0 Å². The second kappa shape index (κ2) is 9.07. The number of nitrogens with zero attached hydrogens (tertiary/aromatic N) is 1. The minimum absolute atomic E-state index is 0.0387. The van der Waals surface area contributed by atoms with Crippen molar-refractivity contribution >= 4 is 23.4 Å². The summed E-state index contributed by atoms with van der Waals surface area (Å²) < 4.78 is 0. The Balaban J connectivity index is 1.74. The predicted molar refractivity (Wildman–Crippen MR) is 96.9 cm³/mol. The molecule has 0 saturated carbocycles. The zero-order valence-corrected chi connectivity index (χ0v) is 15.3. The summed E-state index contributed by atoms with van der Waals surface area (Å²) in [6.07, 6.45) is 2.90. The third-order valence-corrected chi connectivity index (χ3v) is 4.76. The molecule has 1 aromatic rings. The molecule has 132 valence electrons. The van der Waals surface area contributed by atoms with E-state index in [1.54, 1.807) is 12.1 Å².